The van der Waals surface area contributed by atoms with Crippen molar-refractivity contribution < 1.29 is 4.79 Å². The van der Waals surface area contributed by atoms with Crippen LogP contribution in [0, 0.1) is 5.92 Å². The van der Waals surface area contributed by atoms with Gasteiger partial charge >= 0.3 is 0 Å². The van der Waals surface area contributed by atoms with Gasteiger partial charge in [0.05, 0.1) is 0 Å². The molecule has 1 saturated heterocycles. The Morgan fingerprint density at radius 3 is 2.50 bits per heavy atom. The average molecular weight is 197 g/mol. The number of rotatable bonds is 5. The van der Waals surface area contributed by atoms with Crippen molar-refractivity contribution >= 4 is 5.78 Å². The molecule has 0 aromatic carbocycles. The van der Waals surface area contributed by atoms with Crippen LogP contribution in [0.15, 0.2) is 0 Å². The van der Waals surface area contributed by atoms with E-state index in [1.54, 1.807) is 6.92 Å². The van der Waals surface area contributed by atoms with Crippen LogP contribution in [0.4, 0.5) is 0 Å². The summed E-state index contributed by atoms with van der Waals surface area (Å²) in [5.41, 5.74) is 0. The number of nitrogens with zero attached hydrogens (tertiary/aromatic N) is 1. The van der Waals surface area contributed by atoms with Gasteiger partial charge in [-0.15, -0.1) is 0 Å². The molecule has 1 aliphatic rings. The fourth-order valence-corrected chi connectivity index (χ4v) is 2.17. The maximum absolute atomic E-state index is 10.8. The Morgan fingerprint density at radius 1 is 1.36 bits per heavy atom. The molecular formula is C12H23NO. The SMILES string of the molecule is CCC1CCN(CCCC(C)=O)CC1. The molecule has 2 nitrogen and oxygen atoms in total. The Morgan fingerprint density at radius 2 is 2.00 bits per heavy atom. The number of carbonyl (C=O) groups excluding carboxylic acids is 1. The topological polar surface area (TPSA) is 20.3 Å². The monoisotopic (exact) mass is 197 g/mol. The molecule has 0 unspecified atom stereocenters. The largest absolute Gasteiger partial charge is 0.303 e. The summed E-state index contributed by atoms with van der Waals surface area (Å²) < 4.78 is 0. The number of carbonyl (C=O) groups is 1. The predicted octanol–water partition coefficient (Wildman–Crippen LogP) is 2.48. The summed E-state index contributed by atoms with van der Waals surface area (Å²) in [5.74, 6) is 1.28. The molecule has 1 heterocycles. The van der Waals surface area contributed by atoms with E-state index in [0.717, 1.165) is 25.3 Å². The third-order valence-electron chi connectivity index (χ3n) is 3.29. The van der Waals surface area contributed by atoms with Gasteiger partial charge in [-0.25, -0.2) is 0 Å². The van der Waals surface area contributed by atoms with Crippen LogP contribution in [0.3, 0.4) is 0 Å². The molecule has 0 bridgehead atoms. The van der Waals surface area contributed by atoms with Gasteiger partial charge in [0.25, 0.3) is 0 Å². The van der Waals surface area contributed by atoms with E-state index < -0.39 is 0 Å². The van der Waals surface area contributed by atoms with Gasteiger partial charge in [0, 0.05) is 6.42 Å². The standard InChI is InChI=1S/C12H23NO/c1-3-12-6-9-13(10-7-12)8-4-5-11(2)14/h12H,3-10H2,1-2H3. The van der Waals surface area contributed by atoms with Gasteiger partial charge in [-0.3, -0.25) is 0 Å². The lowest BCUT2D eigenvalue weighted by Gasteiger charge is -2.31. The van der Waals surface area contributed by atoms with Crippen molar-refractivity contribution in [3.8, 4) is 0 Å². The highest BCUT2D eigenvalue weighted by Crippen LogP contribution is 2.19. The predicted molar refractivity (Wildman–Crippen MR) is 59.4 cm³/mol. The molecule has 0 saturated carbocycles. The summed E-state index contributed by atoms with van der Waals surface area (Å²) in [6.45, 7) is 7.59. The van der Waals surface area contributed by atoms with Crippen LogP contribution in [0.25, 0.3) is 0 Å². The Bertz CT molecular complexity index is 171. The highest BCUT2D eigenvalue weighted by atomic mass is 16.1. The first-order chi connectivity index (χ1) is 6.72. The zero-order valence-corrected chi connectivity index (χ0v) is 9.59. The lowest BCUT2D eigenvalue weighted by atomic mass is 9.94. The molecule has 0 aromatic heterocycles. The molecule has 1 rings (SSSR count). The number of ketones is 1. The van der Waals surface area contributed by atoms with E-state index in [0.29, 0.717) is 5.78 Å². The second-order valence-electron chi connectivity index (χ2n) is 4.50. The minimum absolute atomic E-state index is 0.327. The molecule has 14 heavy (non-hydrogen) atoms. The van der Waals surface area contributed by atoms with Crippen molar-refractivity contribution in [2.24, 2.45) is 5.92 Å². The molecular weight excluding hydrogens is 174 g/mol. The average Bonchev–Trinajstić information content (AvgIpc) is 2.18. The highest BCUT2D eigenvalue weighted by molar-refractivity contribution is 5.75. The van der Waals surface area contributed by atoms with Crippen LogP contribution in [0.2, 0.25) is 0 Å². The Hall–Kier alpha value is -0.370. The van der Waals surface area contributed by atoms with Gasteiger partial charge in [-0.05, 0) is 51.7 Å². The molecule has 82 valence electrons. The maximum atomic E-state index is 10.8. The third kappa shape index (κ3) is 4.23. The summed E-state index contributed by atoms with van der Waals surface area (Å²) in [7, 11) is 0. The number of hydrogen-bond donors (Lipinski definition) is 0. The number of Topliss-reactive ketones (excluding diaryl/α,β-unsaturated/α-hetero) is 1. The number of likely N-dealkylation sites (tertiary alicyclic amines) is 1. The Labute approximate surface area is 87.7 Å². The summed E-state index contributed by atoms with van der Waals surface area (Å²) in [4.78, 5) is 13.3. The third-order valence-corrected chi connectivity index (χ3v) is 3.29. The Kier molecular flexibility index (Phi) is 5.16. The molecule has 0 aliphatic carbocycles. The molecule has 0 atom stereocenters. The number of hydrogen-bond acceptors (Lipinski definition) is 2. The van der Waals surface area contributed by atoms with E-state index >= 15 is 0 Å². The van der Waals surface area contributed by atoms with Crippen molar-refractivity contribution in [3.05, 3.63) is 0 Å². The molecule has 0 amide bonds. The quantitative estimate of drug-likeness (QED) is 0.675. The molecule has 0 aromatic rings. The van der Waals surface area contributed by atoms with Gasteiger partial charge in [-0.1, -0.05) is 13.3 Å². The van der Waals surface area contributed by atoms with Crippen molar-refractivity contribution in [3.63, 3.8) is 0 Å². The lowest BCUT2D eigenvalue weighted by Crippen LogP contribution is -2.34. The zero-order valence-electron chi connectivity index (χ0n) is 9.59. The summed E-state index contributed by atoms with van der Waals surface area (Å²) >= 11 is 0. The highest BCUT2D eigenvalue weighted by Gasteiger charge is 2.16. The van der Waals surface area contributed by atoms with Crippen LogP contribution in [-0.4, -0.2) is 30.3 Å². The van der Waals surface area contributed by atoms with Crippen LogP contribution < -0.4 is 0 Å². The first-order valence-electron chi connectivity index (χ1n) is 5.94. The van der Waals surface area contributed by atoms with E-state index in [4.69, 9.17) is 0 Å². The van der Waals surface area contributed by atoms with Gasteiger partial charge in [-0.2, -0.15) is 0 Å². The van der Waals surface area contributed by atoms with Crippen molar-refractivity contribution in [1.82, 2.24) is 4.90 Å². The van der Waals surface area contributed by atoms with E-state index in [1.807, 2.05) is 0 Å². The van der Waals surface area contributed by atoms with Crippen LogP contribution in [0.5, 0.6) is 0 Å². The number of piperidine rings is 1. The fourth-order valence-electron chi connectivity index (χ4n) is 2.17. The molecule has 1 fully saturated rings. The minimum Gasteiger partial charge on any atom is -0.303 e. The van der Waals surface area contributed by atoms with E-state index in [2.05, 4.69) is 11.8 Å². The summed E-state index contributed by atoms with van der Waals surface area (Å²) in [5, 5.41) is 0. The lowest BCUT2D eigenvalue weighted by molar-refractivity contribution is -0.117. The normalized spacial score (nSPS) is 19.9. The molecule has 1 aliphatic heterocycles. The van der Waals surface area contributed by atoms with Gasteiger partial charge in [0.2, 0.25) is 0 Å². The Balaban J connectivity index is 2.07. The van der Waals surface area contributed by atoms with Crippen molar-refractivity contribution in [1.29, 1.82) is 0 Å². The minimum atomic E-state index is 0.327. The second kappa shape index (κ2) is 6.18. The maximum Gasteiger partial charge on any atom is 0.129 e. The smallest absolute Gasteiger partial charge is 0.129 e. The van der Waals surface area contributed by atoms with Crippen molar-refractivity contribution in [2.75, 3.05) is 19.6 Å². The molecule has 2 heteroatoms. The first kappa shape index (κ1) is 11.7. The summed E-state index contributed by atoms with van der Waals surface area (Å²) in [6.07, 6.45) is 5.86. The van der Waals surface area contributed by atoms with Crippen LogP contribution >= 0.6 is 0 Å². The summed E-state index contributed by atoms with van der Waals surface area (Å²) in [6, 6.07) is 0. The van der Waals surface area contributed by atoms with Crippen molar-refractivity contribution in [2.45, 2.75) is 46.0 Å². The van der Waals surface area contributed by atoms with Gasteiger partial charge in [0.1, 0.15) is 5.78 Å². The van der Waals surface area contributed by atoms with E-state index in [1.165, 1.54) is 32.4 Å². The van der Waals surface area contributed by atoms with E-state index in [9.17, 15) is 4.79 Å². The molecule has 0 N–H and O–H groups in total. The van der Waals surface area contributed by atoms with E-state index in [-0.39, 0.29) is 0 Å². The molecule has 0 spiro atoms. The first-order valence-corrected chi connectivity index (χ1v) is 5.94. The van der Waals surface area contributed by atoms with Crippen LogP contribution in [0.1, 0.15) is 46.0 Å². The second-order valence-corrected chi connectivity index (χ2v) is 4.50. The molecule has 0 radical (unpaired) electrons. The zero-order chi connectivity index (χ0) is 10.4. The van der Waals surface area contributed by atoms with Gasteiger partial charge in [0.15, 0.2) is 0 Å². The fraction of sp³-hybridized carbons (Fsp3) is 0.917. The van der Waals surface area contributed by atoms with Gasteiger partial charge < -0.3 is 9.69 Å². The van der Waals surface area contributed by atoms with Crippen LogP contribution in [-0.2, 0) is 4.79 Å².